The minimum atomic E-state index is 0.465. The minimum Gasteiger partial charge on any atom is -0.146 e. The number of hydrogen-bond acceptors (Lipinski definition) is 1. The van der Waals surface area contributed by atoms with E-state index in [1.807, 2.05) is 6.07 Å². The molecular formula is C11H14BrClS. The van der Waals surface area contributed by atoms with Crippen molar-refractivity contribution < 1.29 is 0 Å². The van der Waals surface area contributed by atoms with Gasteiger partial charge in [-0.15, -0.1) is 11.3 Å². The Morgan fingerprint density at radius 1 is 1.57 bits per heavy atom. The average molecular weight is 294 g/mol. The molecule has 1 aromatic rings. The summed E-state index contributed by atoms with van der Waals surface area (Å²) in [5, 5.41) is 3.00. The van der Waals surface area contributed by atoms with Crippen molar-refractivity contribution >= 4 is 38.9 Å². The van der Waals surface area contributed by atoms with E-state index in [-0.39, 0.29) is 0 Å². The van der Waals surface area contributed by atoms with Gasteiger partial charge in [0.1, 0.15) is 0 Å². The second-order valence-corrected chi connectivity index (χ2v) is 6.45. The normalized spacial score (nSPS) is 29.4. The lowest BCUT2D eigenvalue weighted by Gasteiger charge is -2.21. The van der Waals surface area contributed by atoms with Crippen molar-refractivity contribution in [3.05, 3.63) is 21.3 Å². The molecule has 1 aliphatic rings. The van der Waals surface area contributed by atoms with Gasteiger partial charge in [-0.2, -0.15) is 0 Å². The first-order valence-electron chi connectivity index (χ1n) is 5.07. The molecule has 1 fully saturated rings. The van der Waals surface area contributed by atoms with Gasteiger partial charge in [-0.05, 0) is 29.7 Å². The smallest absolute Gasteiger partial charge is 0.0556 e. The highest BCUT2D eigenvalue weighted by atomic mass is 79.9. The van der Waals surface area contributed by atoms with Crippen LogP contribution in [0.3, 0.4) is 0 Å². The Morgan fingerprint density at radius 2 is 2.36 bits per heavy atom. The topological polar surface area (TPSA) is 0 Å². The molecule has 0 radical (unpaired) electrons. The Labute approximate surface area is 103 Å². The van der Waals surface area contributed by atoms with E-state index in [1.165, 1.54) is 24.1 Å². The largest absolute Gasteiger partial charge is 0.146 e. The second kappa shape index (κ2) is 4.54. The van der Waals surface area contributed by atoms with Crippen molar-refractivity contribution in [2.24, 2.45) is 11.8 Å². The summed E-state index contributed by atoms with van der Waals surface area (Å²) >= 11 is 11.7. The highest BCUT2D eigenvalue weighted by Gasteiger charge is 2.31. The summed E-state index contributed by atoms with van der Waals surface area (Å²) in [4.78, 5) is 1.78. The Morgan fingerprint density at radius 3 is 2.86 bits per heavy atom. The van der Waals surface area contributed by atoms with Gasteiger partial charge in [0.05, 0.1) is 9.85 Å². The Balaban J connectivity index is 2.15. The van der Waals surface area contributed by atoms with Crippen molar-refractivity contribution in [1.82, 2.24) is 0 Å². The van der Waals surface area contributed by atoms with Crippen molar-refractivity contribution in [2.45, 2.75) is 31.0 Å². The van der Waals surface area contributed by atoms with Crippen LogP contribution in [0, 0.1) is 11.8 Å². The quantitative estimate of drug-likeness (QED) is 0.651. The van der Waals surface area contributed by atoms with Gasteiger partial charge in [-0.1, -0.05) is 47.3 Å². The van der Waals surface area contributed by atoms with E-state index in [0.29, 0.717) is 4.83 Å². The molecule has 3 heteroatoms. The van der Waals surface area contributed by atoms with Crippen LogP contribution in [0.25, 0.3) is 0 Å². The van der Waals surface area contributed by atoms with Crippen LogP contribution in [0.1, 0.15) is 35.9 Å². The molecule has 0 saturated heterocycles. The van der Waals surface area contributed by atoms with Gasteiger partial charge in [0, 0.05) is 4.88 Å². The number of hydrogen-bond donors (Lipinski definition) is 0. The van der Waals surface area contributed by atoms with Crippen LogP contribution in [-0.4, -0.2) is 0 Å². The molecule has 0 spiro atoms. The fourth-order valence-corrected chi connectivity index (χ4v) is 5.02. The first-order valence-corrected chi connectivity index (χ1v) is 7.24. The molecule has 1 aliphatic carbocycles. The fourth-order valence-electron chi connectivity index (χ4n) is 2.31. The molecule has 0 aromatic carbocycles. The summed E-state index contributed by atoms with van der Waals surface area (Å²) in [6.45, 7) is 2.35. The molecule has 3 unspecified atom stereocenters. The molecule has 0 nitrogen and oxygen atoms in total. The molecule has 0 amide bonds. The lowest BCUT2D eigenvalue weighted by atomic mass is 9.94. The van der Waals surface area contributed by atoms with Crippen LogP contribution < -0.4 is 0 Å². The van der Waals surface area contributed by atoms with Crippen molar-refractivity contribution in [3.63, 3.8) is 0 Å². The van der Waals surface area contributed by atoms with Crippen molar-refractivity contribution in [3.8, 4) is 0 Å². The lowest BCUT2D eigenvalue weighted by Crippen LogP contribution is -2.09. The highest BCUT2D eigenvalue weighted by molar-refractivity contribution is 9.09. The standard InChI is InChI=1S/C11H14BrClS/c1-7-3-2-4-8(7)10(12)11-9(13)5-6-14-11/h5-8,10H,2-4H2,1H3. The van der Waals surface area contributed by atoms with E-state index >= 15 is 0 Å². The van der Waals surface area contributed by atoms with Crippen molar-refractivity contribution in [1.29, 1.82) is 0 Å². The molecule has 78 valence electrons. The van der Waals surface area contributed by atoms with E-state index in [2.05, 4.69) is 28.2 Å². The van der Waals surface area contributed by atoms with Crippen LogP contribution in [0.15, 0.2) is 11.4 Å². The SMILES string of the molecule is CC1CCCC1C(Br)c1sccc1Cl. The van der Waals surface area contributed by atoms with Gasteiger partial charge in [-0.3, -0.25) is 0 Å². The maximum absolute atomic E-state index is 6.14. The molecular weight excluding hydrogens is 280 g/mol. The van der Waals surface area contributed by atoms with Gasteiger partial charge in [0.2, 0.25) is 0 Å². The Hall–Kier alpha value is 0.470. The number of thiophene rings is 1. The zero-order valence-corrected chi connectivity index (χ0v) is 11.3. The summed E-state index contributed by atoms with van der Waals surface area (Å²) in [5.74, 6) is 1.60. The summed E-state index contributed by atoms with van der Waals surface area (Å²) in [7, 11) is 0. The van der Waals surface area contributed by atoms with Crippen LogP contribution in [0.4, 0.5) is 0 Å². The predicted molar refractivity (Wildman–Crippen MR) is 67.5 cm³/mol. The first-order chi connectivity index (χ1) is 6.70. The van der Waals surface area contributed by atoms with Crippen LogP contribution in [0.2, 0.25) is 5.02 Å². The Kier molecular flexibility index (Phi) is 3.56. The summed E-state index contributed by atoms with van der Waals surface area (Å²) in [5.41, 5.74) is 0. The Bertz CT molecular complexity index is 310. The second-order valence-electron chi connectivity index (χ2n) is 4.11. The molecule has 1 heterocycles. The van der Waals surface area contributed by atoms with Gasteiger partial charge in [-0.25, -0.2) is 0 Å². The monoisotopic (exact) mass is 292 g/mol. The van der Waals surface area contributed by atoms with E-state index < -0.39 is 0 Å². The number of alkyl halides is 1. The molecule has 0 N–H and O–H groups in total. The lowest BCUT2D eigenvalue weighted by molar-refractivity contribution is 0.417. The van der Waals surface area contributed by atoms with Gasteiger partial charge >= 0.3 is 0 Å². The van der Waals surface area contributed by atoms with Crippen LogP contribution in [-0.2, 0) is 0 Å². The molecule has 0 bridgehead atoms. The zero-order chi connectivity index (χ0) is 10.1. The third kappa shape index (κ3) is 2.02. The maximum atomic E-state index is 6.14. The van der Waals surface area contributed by atoms with E-state index in [4.69, 9.17) is 11.6 Å². The van der Waals surface area contributed by atoms with Gasteiger partial charge in [0.15, 0.2) is 0 Å². The zero-order valence-electron chi connectivity index (χ0n) is 8.17. The van der Waals surface area contributed by atoms with Gasteiger partial charge < -0.3 is 0 Å². The molecule has 1 saturated carbocycles. The summed E-state index contributed by atoms with van der Waals surface area (Å²) < 4.78 is 0. The third-order valence-corrected chi connectivity index (χ3v) is 6.08. The van der Waals surface area contributed by atoms with Crippen molar-refractivity contribution in [2.75, 3.05) is 0 Å². The maximum Gasteiger partial charge on any atom is 0.0556 e. The molecule has 3 atom stereocenters. The highest BCUT2D eigenvalue weighted by Crippen LogP contribution is 2.47. The van der Waals surface area contributed by atoms with E-state index in [9.17, 15) is 0 Å². The van der Waals surface area contributed by atoms with Gasteiger partial charge in [0.25, 0.3) is 0 Å². The number of rotatable bonds is 2. The first kappa shape index (κ1) is 11.0. The number of halogens is 2. The molecule has 1 aromatic heterocycles. The molecule has 0 aliphatic heterocycles. The van der Waals surface area contributed by atoms with Crippen LogP contribution >= 0.6 is 38.9 Å². The van der Waals surface area contributed by atoms with E-state index in [0.717, 1.165) is 16.9 Å². The van der Waals surface area contributed by atoms with E-state index in [1.54, 1.807) is 11.3 Å². The minimum absolute atomic E-state index is 0.465. The average Bonchev–Trinajstić information content (AvgIpc) is 2.73. The summed E-state index contributed by atoms with van der Waals surface area (Å²) in [6, 6.07) is 2.00. The predicted octanol–water partition coefficient (Wildman–Crippen LogP) is 5.27. The molecule has 2 rings (SSSR count). The van der Waals surface area contributed by atoms with Crippen LogP contribution in [0.5, 0.6) is 0 Å². The fraction of sp³-hybridized carbons (Fsp3) is 0.636. The third-order valence-electron chi connectivity index (χ3n) is 3.20. The summed E-state index contributed by atoms with van der Waals surface area (Å²) in [6.07, 6.45) is 4.08. The molecule has 14 heavy (non-hydrogen) atoms.